The predicted molar refractivity (Wildman–Crippen MR) is 126 cm³/mol. The Labute approximate surface area is 198 Å². The molecule has 1 fully saturated rings. The van der Waals surface area contributed by atoms with E-state index in [2.05, 4.69) is 20.6 Å². The minimum Gasteiger partial charge on any atom is -0.313 e. The number of H-pyrrole nitrogens is 1. The number of carbonyl (C=O) groups excluding carboxylic acids is 1. The van der Waals surface area contributed by atoms with Crippen LogP contribution >= 0.6 is 11.6 Å². The molecule has 34 heavy (non-hydrogen) atoms. The molecule has 1 saturated heterocycles. The van der Waals surface area contributed by atoms with Gasteiger partial charge in [0.05, 0.1) is 34.2 Å². The molecule has 2 amide bonds. The molecule has 6 rings (SSSR count). The number of carbonyl (C=O) groups is 1. The lowest BCUT2D eigenvalue weighted by Gasteiger charge is -2.35. The second-order valence-corrected chi connectivity index (χ2v) is 9.19. The molecule has 4 heterocycles. The van der Waals surface area contributed by atoms with Crippen molar-refractivity contribution in [2.75, 3.05) is 5.32 Å². The molecule has 4 aromatic rings. The van der Waals surface area contributed by atoms with Crippen molar-refractivity contribution in [2.45, 2.75) is 31.3 Å². The van der Waals surface area contributed by atoms with E-state index >= 15 is 4.39 Å². The molecule has 2 aliphatic rings. The maximum atomic E-state index is 15.1. The van der Waals surface area contributed by atoms with E-state index in [1.807, 2.05) is 25.2 Å². The second kappa shape index (κ2) is 7.66. The van der Waals surface area contributed by atoms with Crippen LogP contribution in [0, 0.1) is 5.82 Å². The van der Waals surface area contributed by atoms with Gasteiger partial charge < -0.3 is 10.2 Å². The first-order valence-electron chi connectivity index (χ1n) is 11.0. The average Bonchev–Trinajstić information content (AvgIpc) is 3.34. The van der Waals surface area contributed by atoms with Gasteiger partial charge in [-0.2, -0.15) is 10.2 Å². The fraction of sp³-hybridized carbons (Fsp3) is 0.250. The lowest BCUT2D eigenvalue weighted by molar-refractivity contribution is 0.177. The van der Waals surface area contributed by atoms with Gasteiger partial charge in [0.25, 0.3) is 5.56 Å². The van der Waals surface area contributed by atoms with Crippen molar-refractivity contribution in [3.8, 4) is 11.1 Å². The summed E-state index contributed by atoms with van der Waals surface area (Å²) in [6.45, 7) is 0. The van der Waals surface area contributed by atoms with E-state index in [0.29, 0.717) is 22.7 Å². The second-order valence-electron chi connectivity index (χ2n) is 8.78. The van der Waals surface area contributed by atoms with Crippen LogP contribution in [0.2, 0.25) is 5.02 Å². The van der Waals surface area contributed by atoms with Gasteiger partial charge in [0.15, 0.2) is 0 Å². The summed E-state index contributed by atoms with van der Waals surface area (Å²) in [7, 11) is 1.86. The Morgan fingerprint density at radius 2 is 2.09 bits per heavy atom. The van der Waals surface area contributed by atoms with Gasteiger partial charge >= 0.3 is 6.03 Å². The highest BCUT2D eigenvalue weighted by Crippen LogP contribution is 2.43. The highest BCUT2D eigenvalue weighted by atomic mass is 35.5. The Hall–Kier alpha value is -3.72. The van der Waals surface area contributed by atoms with E-state index in [0.717, 1.165) is 34.9 Å². The quantitative estimate of drug-likeness (QED) is 0.446. The Morgan fingerprint density at radius 1 is 1.24 bits per heavy atom. The summed E-state index contributed by atoms with van der Waals surface area (Å²) in [6, 6.07) is 9.27. The first-order valence-corrected chi connectivity index (χ1v) is 11.4. The van der Waals surface area contributed by atoms with Crippen LogP contribution in [0.1, 0.15) is 30.1 Å². The summed E-state index contributed by atoms with van der Waals surface area (Å²) >= 11 is 6.52. The number of hydrogen-bond acceptors (Lipinski definition) is 4. The Balaban J connectivity index is 1.28. The maximum absolute atomic E-state index is 15.1. The van der Waals surface area contributed by atoms with Crippen LogP contribution in [-0.2, 0) is 13.5 Å². The number of aryl methyl sites for hydroxylation is 1. The van der Waals surface area contributed by atoms with Crippen LogP contribution in [0.25, 0.3) is 22.0 Å². The number of nitrogens with one attached hydrogen (secondary N) is 2. The lowest BCUT2D eigenvalue weighted by atomic mass is 9.99. The average molecular weight is 479 g/mol. The molecule has 0 unspecified atom stereocenters. The first-order chi connectivity index (χ1) is 16.4. The van der Waals surface area contributed by atoms with Crippen molar-refractivity contribution < 1.29 is 9.18 Å². The van der Waals surface area contributed by atoms with Gasteiger partial charge in [-0.05, 0) is 54.7 Å². The minimum absolute atomic E-state index is 0.0147. The van der Waals surface area contributed by atoms with Crippen LogP contribution in [0.15, 0.2) is 47.4 Å². The number of urea groups is 1. The third-order valence-corrected chi connectivity index (χ3v) is 7.10. The van der Waals surface area contributed by atoms with Crippen molar-refractivity contribution in [3.05, 3.63) is 75.0 Å². The van der Waals surface area contributed by atoms with Gasteiger partial charge in [-0.25, -0.2) is 14.3 Å². The number of aromatic nitrogens is 4. The zero-order valence-electron chi connectivity index (χ0n) is 18.2. The molecule has 2 aromatic carbocycles. The molecule has 2 bridgehead atoms. The zero-order chi connectivity index (χ0) is 23.6. The van der Waals surface area contributed by atoms with E-state index in [-0.39, 0.29) is 23.3 Å². The normalized spacial score (nSPS) is 18.9. The van der Waals surface area contributed by atoms with E-state index < -0.39 is 11.8 Å². The molecular weight excluding hydrogens is 459 g/mol. The topological polar surface area (TPSA) is 95.9 Å². The van der Waals surface area contributed by atoms with Gasteiger partial charge in [-0.1, -0.05) is 17.7 Å². The molecule has 0 aliphatic carbocycles. The number of fused-ring (bicyclic) bond motifs is 5. The molecular formula is C24H20ClFN6O2. The predicted octanol–water partition coefficient (Wildman–Crippen LogP) is 4.41. The summed E-state index contributed by atoms with van der Waals surface area (Å²) in [4.78, 5) is 26.5. The third kappa shape index (κ3) is 3.27. The monoisotopic (exact) mass is 478 g/mol. The number of halogens is 2. The first kappa shape index (κ1) is 20.9. The summed E-state index contributed by atoms with van der Waals surface area (Å²) in [5.74, 6) is -0.578. The number of aromatic amines is 1. The number of benzene rings is 2. The molecule has 2 N–H and O–H groups in total. The van der Waals surface area contributed by atoms with E-state index in [1.54, 1.807) is 21.8 Å². The third-order valence-electron chi connectivity index (χ3n) is 6.78. The van der Waals surface area contributed by atoms with Crippen LogP contribution in [0.3, 0.4) is 0 Å². The van der Waals surface area contributed by atoms with Crippen LogP contribution < -0.4 is 10.9 Å². The smallest absolute Gasteiger partial charge is 0.313 e. The van der Waals surface area contributed by atoms with Crippen molar-refractivity contribution in [1.29, 1.82) is 0 Å². The maximum Gasteiger partial charge on any atom is 0.322 e. The molecule has 8 nitrogen and oxygen atoms in total. The van der Waals surface area contributed by atoms with Crippen LogP contribution in [-0.4, -0.2) is 37.0 Å². The van der Waals surface area contributed by atoms with Crippen molar-refractivity contribution in [1.82, 2.24) is 24.9 Å². The minimum atomic E-state index is -0.578. The van der Waals surface area contributed by atoms with Gasteiger partial charge in [0, 0.05) is 30.1 Å². The Kier molecular flexibility index (Phi) is 4.70. The molecule has 2 atom stereocenters. The van der Waals surface area contributed by atoms with Gasteiger partial charge in [-0.15, -0.1) is 0 Å². The van der Waals surface area contributed by atoms with Gasteiger partial charge in [0.1, 0.15) is 5.82 Å². The fourth-order valence-electron chi connectivity index (χ4n) is 5.19. The molecule has 2 aromatic heterocycles. The van der Waals surface area contributed by atoms with Crippen LogP contribution in [0.5, 0.6) is 0 Å². The number of amides is 2. The van der Waals surface area contributed by atoms with Crippen molar-refractivity contribution >= 4 is 34.2 Å². The van der Waals surface area contributed by atoms with E-state index in [9.17, 15) is 9.59 Å². The van der Waals surface area contributed by atoms with E-state index in [4.69, 9.17) is 11.6 Å². The summed E-state index contributed by atoms with van der Waals surface area (Å²) in [5.41, 5.74) is 3.57. The standard InChI is InChI=1S/C24H20ClFN6O2/c1-31-20-4-2-12(6-14(20)11-27-31)16-9-18(26)19(10-17(16)25)28-24(34)32-15-3-5-21(32)23-13(7-15)8-22(33)29-30-23/h2,4,6,8-11,15,21H,3,5,7H2,1H3,(H,28,34)(H,29,33)/t15-,21+/m0/s1. The molecule has 10 heteroatoms. The number of hydrogen-bond donors (Lipinski definition) is 2. The Morgan fingerprint density at radius 3 is 2.94 bits per heavy atom. The lowest BCUT2D eigenvalue weighted by Crippen LogP contribution is -2.45. The highest BCUT2D eigenvalue weighted by molar-refractivity contribution is 6.33. The Bertz CT molecular complexity index is 1530. The molecule has 172 valence electrons. The fourth-order valence-corrected chi connectivity index (χ4v) is 5.46. The molecule has 2 aliphatic heterocycles. The number of rotatable bonds is 2. The molecule has 0 radical (unpaired) electrons. The van der Waals surface area contributed by atoms with Gasteiger partial charge in [0.2, 0.25) is 0 Å². The van der Waals surface area contributed by atoms with E-state index in [1.165, 1.54) is 12.1 Å². The largest absolute Gasteiger partial charge is 0.322 e. The zero-order valence-corrected chi connectivity index (χ0v) is 18.9. The molecule has 0 saturated carbocycles. The summed E-state index contributed by atoms with van der Waals surface area (Å²) < 4.78 is 16.9. The van der Waals surface area contributed by atoms with Gasteiger partial charge in [-0.3, -0.25) is 9.48 Å². The summed E-state index contributed by atoms with van der Waals surface area (Å²) in [6.07, 6.45) is 3.83. The van der Waals surface area contributed by atoms with Crippen LogP contribution in [0.4, 0.5) is 14.9 Å². The SMILES string of the molecule is Cn1ncc2cc(-c3cc(F)c(NC(=O)N4[C@H]5CC[C@@H]4c4n[nH]c(=O)cc4C5)cc3Cl)ccc21. The van der Waals surface area contributed by atoms with Crippen molar-refractivity contribution in [3.63, 3.8) is 0 Å². The number of nitrogens with zero attached hydrogens (tertiary/aromatic N) is 4. The van der Waals surface area contributed by atoms with Crippen molar-refractivity contribution in [2.24, 2.45) is 7.05 Å². The molecule has 0 spiro atoms. The number of anilines is 1. The summed E-state index contributed by atoms with van der Waals surface area (Å²) in [5, 5.41) is 14.8. The highest BCUT2D eigenvalue weighted by Gasteiger charge is 2.44.